The Morgan fingerprint density at radius 3 is 2.81 bits per heavy atom. The van der Waals surface area contributed by atoms with Crippen LogP contribution in [0, 0.1) is 0 Å². The Morgan fingerprint density at radius 2 is 2.10 bits per heavy atom. The van der Waals surface area contributed by atoms with E-state index in [1.807, 2.05) is 29.9 Å². The van der Waals surface area contributed by atoms with Crippen molar-refractivity contribution in [1.82, 2.24) is 19.4 Å². The van der Waals surface area contributed by atoms with Crippen molar-refractivity contribution in [3.05, 3.63) is 65.7 Å². The summed E-state index contributed by atoms with van der Waals surface area (Å²) in [6, 6.07) is 10.5. The van der Waals surface area contributed by atoms with E-state index in [-0.39, 0.29) is 6.04 Å². The van der Waals surface area contributed by atoms with Gasteiger partial charge in [-0.15, -0.1) is 11.3 Å². The van der Waals surface area contributed by atoms with Crippen LogP contribution in [0.3, 0.4) is 0 Å². The fraction of sp³-hybridized carbons (Fsp3) is 0.250. The fourth-order valence-corrected chi connectivity index (χ4v) is 2.96. The molecule has 0 bridgehead atoms. The van der Waals surface area contributed by atoms with Gasteiger partial charge in [0.1, 0.15) is 0 Å². The van der Waals surface area contributed by atoms with Crippen molar-refractivity contribution in [3.63, 3.8) is 0 Å². The quantitative estimate of drug-likeness (QED) is 0.722. The average molecular weight is 298 g/mol. The van der Waals surface area contributed by atoms with Crippen LogP contribution in [0.1, 0.15) is 24.4 Å². The summed E-state index contributed by atoms with van der Waals surface area (Å²) in [5.74, 6) is 0. The molecule has 3 rings (SSSR count). The van der Waals surface area contributed by atoms with Crippen molar-refractivity contribution in [1.29, 1.82) is 0 Å². The van der Waals surface area contributed by atoms with Gasteiger partial charge in [0.05, 0.1) is 5.69 Å². The third kappa shape index (κ3) is 3.04. The summed E-state index contributed by atoms with van der Waals surface area (Å²) in [6.45, 7) is 3.03. The van der Waals surface area contributed by atoms with Crippen LogP contribution in [0.4, 0.5) is 0 Å². The molecule has 0 unspecified atom stereocenters. The van der Waals surface area contributed by atoms with Crippen molar-refractivity contribution in [2.75, 3.05) is 7.05 Å². The summed E-state index contributed by atoms with van der Waals surface area (Å²) < 4.78 is 2.15. The predicted octanol–water partition coefficient (Wildman–Crippen LogP) is 3.52. The molecule has 0 saturated heterocycles. The molecule has 0 spiro atoms. The van der Waals surface area contributed by atoms with Gasteiger partial charge in [-0.05, 0) is 38.2 Å². The van der Waals surface area contributed by atoms with E-state index in [1.165, 1.54) is 5.69 Å². The monoisotopic (exact) mass is 298 g/mol. The van der Waals surface area contributed by atoms with Crippen LogP contribution in [0.2, 0.25) is 0 Å². The molecule has 108 valence electrons. The van der Waals surface area contributed by atoms with Crippen LogP contribution in [-0.2, 0) is 6.54 Å². The summed E-state index contributed by atoms with van der Waals surface area (Å²) in [4.78, 5) is 11.1. The van der Waals surface area contributed by atoms with Gasteiger partial charge in [0, 0.05) is 42.3 Å². The van der Waals surface area contributed by atoms with E-state index in [0.29, 0.717) is 0 Å². The normalized spacial score (nSPS) is 12.7. The first kappa shape index (κ1) is 14.0. The second-order valence-corrected chi connectivity index (χ2v) is 5.90. The highest BCUT2D eigenvalue weighted by molar-refractivity contribution is 7.12. The zero-order valence-electron chi connectivity index (χ0n) is 12.2. The van der Waals surface area contributed by atoms with E-state index < -0.39 is 0 Å². The van der Waals surface area contributed by atoms with Crippen LogP contribution in [0.5, 0.6) is 0 Å². The second kappa shape index (κ2) is 6.20. The molecule has 3 aromatic rings. The van der Waals surface area contributed by atoms with Crippen LogP contribution in [-0.4, -0.2) is 26.5 Å². The summed E-state index contributed by atoms with van der Waals surface area (Å²) >= 11 is 1.65. The number of nitrogens with zero attached hydrogens (tertiary/aromatic N) is 4. The molecule has 3 heterocycles. The number of pyridine rings is 1. The zero-order chi connectivity index (χ0) is 14.7. The molecule has 0 N–H and O–H groups in total. The average Bonchev–Trinajstić information content (AvgIpc) is 3.18. The van der Waals surface area contributed by atoms with Gasteiger partial charge in [-0.1, -0.05) is 6.07 Å². The number of hydrogen-bond acceptors (Lipinski definition) is 4. The summed E-state index contributed by atoms with van der Waals surface area (Å²) in [5.41, 5.74) is 2.32. The Bertz CT molecular complexity index is 675. The maximum atomic E-state index is 4.44. The SMILES string of the molecule is C[C@@H](c1ccccn1)N(C)Cc1cccn1-c1nccs1. The minimum Gasteiger partial charge on any atom is -0.296 e. The smallest absolute Gasteiger partial charge is 0.193 e. The van der Waals surface area contributed by atoms with Crippen molar-refractivity contribution >= 4 is 11.3 Å². The van der Waals surface area contributed by atoms with Crippen LogP contribution in [0.15, 0.2) is 54.3 Å². The lowest BCUT2D eigenvalue weighted by molar-refractivity contribution is 0.244. The van der Waals surface area contributed by atoms with Gasteiger partial charge in [0.2, 0.25) is 0 Å². The van der Waals surface area contributed by atoms with Crippen molar-refractivity contribution in [3.8, 4) is 5.13 Å². The third-order valence-electron chi connectivity index (χ3n) is 3.65. The van der Waals surface area contributed by atoms with Crippen LogP contribution in [0.25, 0.3) is 5.13 Å². The Labute approximate surface area is 128 Å². The molecule has 0 aromatic carbocycles. The first-order chi connectivity index (χ1) is 10.3. The molecule has 0 aliphatic rings. The molecule has 0 amide bonds. The highest BCUT2D eigenvalue weighted by atomic mass is 32.1. The maximum Gasteiger partial charge on any atom is 0.193 e. The van der Waals surface area contributed by atoms with Crippen LogP contribution < -0.4 is 0 Å². The summed E-state index contributed by atoms with van der Waals surface area (Å²) in [5, 5.41) is 3.01. The summed E-state index contributed by atoms with van der Waals surface area (Å²) in [7, 11) is 2.12. The van der Waals surface area contributed by atoms with Gasteiger partial charge in [0.15, 0.2) is 5.13 Å². The molecule has 0 saturated carbocycles. The van der Waals surface area contributed by atoms with E-state index in [4.69, 9.17) is 0 Å². The Hall–Kier alpha value is -1.98. The third-order valence-corrected chi connectivity index (χ3v) is 4.42. The lowest BCUT2D eigenvalue weighted by atomic mass is 10.2. The predicted molar refractivity (Wildman–Crippen MR) is 85.6 cm³/mol. The lowest BCUT2D eigenvalue weighted by Crippen LogP contribution is -2.23. The van der Waals surface area contributed by atoms with Gasteiger partial charge in [0.25, 0.3) is 0 Å². The van der Waals surface area contributed by atoms with Crippen molar-refractivity contribution in [2.24, 2.45) is 0 Å². The standard InChI is InChI=1S/C16H18N4S/c1-13(15-7-3-4-8-17-15)19(2)12-14-6-5-10-20(14)16-18-9-11-21-16/h3-11,13H,12H2,1-2H3/t13-/m0/s1. The molecule has 5 heteroatoms. The molecule has 0 aliphatic heterocycles. The largest absolute Gasteiger partial charge is 0.296 e. The molecular weight excluding hydrogens is 280 g/mol. The molecular formula is C16H18N4S. The van der Waals surface area contributed by atoms with Crippen LogP contribution >= 0.6 is 11.3 Å². The van der Waals surface area contributed by atoms with E-state index in [2.05, 4.69) is 57.8 Å². The number of rotatable bonds is 5. The molecule has 4 nitrogen and oxygen atoms in total. The lowest BCUT2D eigenvalue weighted by Gasteiger charge is -2.24. The molecule has 0 aliphatic carbocycles. The summed E-state index contributed by atoms with van der Waals surface area (Å²) in [6.07, 6.45) is 5.75. The van der Waals surface area contributed by atoms with E-state index in [1.54, 1.807) is 11.3 Å². The zero-order valence-corrected chi connectivity index (χ0v) is 13.0. The first-order valence-electron chi connectivity index (χ1n) is 6.93. The second-order valence-electron chi connectivity index (χ2n) is 5.03. The number of aromatic nitrogens is 3. The molecule has 3 aromatic heterocycles. The highest BCUT2D eigenvalue weighted by Crippen LogP contribution is 2.21. The molecule has 0 fully saturated rings. The Morgan fingerprint density at radius 1 is 1.19 bits per heavy atom. The minimum atomic E-state index is 0.269. The highest BCUT2D eigenvalue weighted by Gasteiger charge is 2.15. The van der Waals surface area contributed by atoms with Gasteiger partial charge >= 0.3 is 0 Å². The van der Waals surface area contributed by atoms with E-state index in [9.17, 15) is 0 Å². The first-order valence-corrected chi connectivity index (χ1v) is 7.81. The van der Waals surface area contributed by atoms with E-state index >= 15 is 0 Å². The molecule has 1 atom stereocenters. The number of hydrogen-bond donors (Lipinski definition) is 0. The molecule has 0 radical (unpaired) electrons. The molecule has 21 heavy (non-hydrogen) atoms. The van der Waals surface area contributed by atoms with Crippen molar-refractivity contribution < 1.29 is 0 Å². The van der Waals surface area contributed by atoms with Crippen molar-refractivity contribution in [2.45, 2.75) is 19.5 Å². The Balaban J connectivity index is 1.77. The minimum absolute atomic E-state index is 0.269. The fourth-order valence-electron chi connectivity index (χ4n) is 2.31. The topological polar surface area (TPSA) is 34.0 Å². The number of thiazole rings is 1. The van der Waals surface area contributed by atoms with E-state index in [0.717, 1.165) is 17.4 Å². The van der Waals surface area contributed by atoms with Gasteiger partial charge in [-0.3, -0.25) is 14.5 Å². The maximum absolute atomic E-state index is 4.44. The van der Waals surface area contributed by atoms with Gasteiger partial charge in [-0.25, -0.2) is 4.98 Å². The van der Waals surface area contributed by atoms with Gasteiger partial charge in [-0.2, -0.15) is 0 Å². The Kier molecular flexibility index (Phi) is 4.13. The van der Waals surface area contributed by atoms with Gasteiger partial charge < -0.3 is 0 Å².